The maximum absolute atomic E-state index is 12.7. The maximum atomic E-state index is 12.7. The van der Waals surface area contributed by atoms with Gasteiger partial charge in [-0.25, -0.2) is 4.98 Å². The van der Waals surface area contributed by atoms with Gasteiger partial charge in [0.15, 0.2) is 0 Å². The van der Waals surface area contributed by atoms with Crippen LogP contribution in [0.1, 0.15) is 15.2 Å². The minimum Gasteiger partial charge on any atom is -0.352 e. The summed E-state index contributed by atoms with van der Waals surface area (Å²) in [6.07, 6.45) is -3.70. The number of carbonyl (C=O) groups excluding carboxylic acids is 1. The van der Waals surface area contributed by atoms with Gasteiger partial charge in [-0.1, -0.05) is 11.6 Å². The lowest BCUT2D eigenvalue weighted by Gasteiger charge is -2.35. The third-order valence-corrected chi connectivity index (χ3v) is 5.69. The van der Waals surface area contributed by atoms with Crippen LogP contribution in [0.4, 0.5) is 19.0 Å². The standard InChI is InChI=1S/C15H12BrClF3N3OS/c16-12-2-1-11(25-12)14(24)23-5-3-22(4-6-23)13-10(17)7-9(8-21-13)15(18,19)20/h1-2,7-8H,3-6H2. The fourth-order valence-corrected chi connectivity index (χ4v) is 4.16. The zero-order chi connectivity index (χ0) is 18.2. The lowest BCUT2D eigenvalue weighted by atomic mass is 10.2. The number of piperazine rings is 1. The molecule has 1 aliphatic heterocycles. The molecule has 0 saturated carbocycles. The Morgan fingerprint density at radius 2 is 1.92 bits per heavy atom. The number of pyridine rings is 1. The second-order valence-electron chi connectivity index (χ2n) is 5.41. The number of halogens is 5. The highest BCUT2D eigenvalue weighted by molar-refractivity contribution is 9.11. The van der Waals surface area contributed by atoms with Gasteiger partial charge in [0.05, 0.1) is 19.2 Å². The summed E-state index contributed by atoms with van der Waals surface area (Å²) >= 11 is 10.7. The molecule has 1 fully saturated rings. The Labute approximate surface area is 159 Å². The molecule has 0 spiro atoms. The highest BCUT2D eigenvalue weighted by Gasteiger charge is 2.32. The van der Waals surface area contributed by atoms with Crippen molar-refractivity contribution in [2.24, 2.45) is 0 Å². The van der Waals surface area contributed by atoms with Gasteiger partial charge in [0.1, 0.15) is 5.82 Å². The average Bonchev–Trinajstić information content (AvgIpc) is 3.00. The highest BCUT2D eigenvalue weighted by Crippen LogP contribution is 2.34. The summed E-state index contributed by atoms with van der Waals surface area (Å²) in [4.78, 5) is 20.4. The third kappa shape index (κ3) is 4.09. The number of amides is 1. The van der Waals surface area contributed by atoms with Crippen molar-refractivity contribution in [3.05, 3.63) is 43.6 Å². The Balaban J connectivity index is 1.67. The van der Waals surface area contributed by atoms with Gasteiger partial charge in [-0.2, -0.15) is 13.2 Å². The van der Waals surface area contributed by atoms with Crippen LogP contribution >= 0.6 is 38.9 Å². The van der Waals surface area contributed by atoms with Crippen LogP contribution in [0.25, 0.3) is 0 Å². The molecule has 25 heavy (non-hydrogen) atoms. The summed E-state index contributed by atoms with van der Waals surface area (Å²) in [5.41, 5.74) is -0.877. The number of hydrogen-bond acceptors (Lipinski definition) is 4. The van der Waals surface area contributed by atoms with E-state index in [4.69, 9.17) is 11.6 Å². The van der Waals surface area contributed by atoms with Gasteiger partial charge in [0, 0.05) is 32.4 Å². The van der Waals surface area contributed by atoms with E-state index in [2.05, 4.69) is 20.9 Å². The van der Waals surface area contributed by atoms with Gasteiger partial charge in [-0.05, 0) is 34.1 Å². The van der Waals surface area contributed by atoms with Gasteiger partial charge in [-0.15, -0.1) is 11.3 Å². The zero-order valence-electron chi connectivity index (χ0n) is 12.7. The second-order valence-corrected chi connectivity index (χ2v) is 8.28. The number of nitrogens with zero attached hydrogens (tertiary/aromatic N) is 3. The van der Waals surface area contributed by atoms with E-state index >= 15 is 0 Å². The first kappa shape index (κ1) is 18.5. The van der Waals surface area contributed by atoms with Crippen molar-refractivity contribution in [1.29, 1.82) is 0 Å². The van der Waals surface area contributed by atoms with Crippen LogP contribution in [0.5, 0.6) is 0 Å². The van der Waals surface area contributed by atoms with Crippen molar-refractivity contribution in [3.63, 3.8) is 0 Å². The van der Waals surface area contributed by atoms with Crippen LogP contribution in [0, 0.1) is 0 Å². The normalized spacial score (nSPS) is 15.6. The molecule has 0 unspecified atom stereocenters. The van der Waals surface area contributed by atoms with Crippen molar-refractivity contribution in [2.75, 3.05) is 31.1 Å². The van der Waals surface area contributed by atoms with E-state index in [1.54, 1.807) is 15.9 Å². The van der Waals surface area contributed by atoms with Crippen molar-refractivity contribution >= 4 is 50.6 Å². The fraction of sp³-hybridized carbons (Fsp3) is 0.333. The van der Waals surface area contributed by atoms with E-state index in [-0.39, 0.29) is 10.9 Å². The molecule has 3 heterocycles. The third-order valence-electron chi connectivity index (χ3n) is 3.80. The summed E-state index contributed by atoms with van der Waals surface area (Å²) in [5.74, 6) is 0.252. The maximum Gasteiger partial charge on any atom is 0.417 e. The highest BCUT2D eigenvalue weighted by atomic mass is 79.9. The molecule has 0 radical (unpaired) electrons. The number of aromatic nitrogens is 1. The zero-order valence-corrected chi connectivity index (χ0v) is 15.8. The first-order valence-electron chi connectivity index (χ1n) is 7.28. The monoisotopic (exact) mass is 453 g/mol. The minimum atomic E-state index is -4.48. The first-order chi connectivity index (χ1) is 11.8. The average molecular weight is 455 g/mol. The van der Waals surface area contributed by atoms with Crippen molar-refractivity contribution < 1.29 is 18.0 Å². The smallest absolute Gasteiger partial charge is 0.352 e. The summed E-state index contributed by atoms with van der Waals surface area (Å²) in [7, 11) is 0. The molecule has 2 aromatic heterocycles. The number of alkyl halides is 3. The molecular formula is C15H12BrClF3N3OS. The molecule has 4 nitrogen and oxygen atoms in total. The molecule has 3 rings (SSSR count). The van der Waals surface area contributed by atoms with Gasteiger partial charge in [0.2, 0.25) is 0 Å². The number of hydrogen-bond donors (Lipinski definition) is 0. The van der Waals surface area contributed by atoms with E-state index in [0.717, 1.165) is 16.0 Å². The SMILES string of the molecule is O=C(c1ccc(Br)s1)N1CCN(c2ncc(C(F)(F)F)cc2Cl)CC1. The molecule has 1 saturated heterocycles. The molecule has 0 aliphatic carbocycles. The topological polar surface area (TPSA) is 36.4 Å². The molecule has 1 aliphatic rings. The Morgan fingerprint density at radius 1 is 1.24 bits per heavy atom. The van der Waals surface area contributed by atoms with Gasteiger partial charge in [-0.3, -0.25) is 4.79 Å². The number of thiophene rings is 1. The number of carbonyl (C=O) groups is 1. The fourth-order valence-electron chi connectivity index (χ4n) is 2.52. The van der Waals surface area contributed by atoms with Crippen LogP contribution in [0.15, 0.2) is 28.2 Å². The van der Waals surface area contributed by atoms with Crippen LogP contribution < -0.4 is 4.90 Å². The van der Waals surface area contributed by atoms with Crippen molar-refractivity contribution in [2.45, 2.75) is 6.18 Å². The molecule has 0 N–H and O–H groups in total. The summed E-state index contributed by atoms with van der Waals surface area (Å²) < 4.78 is 38.9. The second kappa shape index (κ2) is 7.13. The largest absolute Gasteiger partial charge is 0.417 e. The molecule has 134 valence electrons. The van der Waals surface area contributed by atoms with E-state index in [0.29, 0.717) is 36.9 Å². The quantitative estimate of drug-likeness (QED) is 0.668. The first-order valence-corrected chi connectivity index (χ1v) is 9.27. The Bertz CT molecular complexity index is 791. The summed E-state index contributed by atoms with van der Waals surface area (Å²) in [6.45, 7) is 1.81. The molecule has 2 aromatic rings. The lowest BCUT2D eigenvalue weighted by molar-refractivity contribution is -0.137. The van der Waals surface area contributed by atoms with E-state index in [1.165, 1.54) is 11.3 Å². The van der Waals surface area contributed by atoms with E-state index in [1.807, 2.05) is 6.07 Å². The summed E-state index contributed by atoms with van der Waals surface area (Å²) in [5, 5.41) is -0.0446. The Kier molecular flexibility index (Phi) is 5.26. The number of anilines is 1. The number of rotatable bonds is 2. The lowest BCUT2D eigenvalue weighted by Crippen LogP contribution is -2.49. The molecule has 0 aromatic carbocycles. The van der Waals surface area contributed by atoms with Crippen LogP contribution in [-0.2, 0) is 6.18 Å². The minimum absolute atomic E-state index is 0.0446. The predicted octanol–water partition coefficient (Wildman–Crippen LogP) is 4.54. The van der Waals surface area contributed by atoms with Crippen LogP contribution in [0.3, 0.4) is 0 Å². The Morgan fingerprint density at radius 3 is 2.44 bits per heavy atom. The van der Waals surface area contributed by atoms with Crippen LogP contribution in [-0.4, -0.2) is 42.0 Å². The van der Waals surface area contributed by atoms with E-state index < -0.39 is 11.7 Å². The molecule has 10 heteroatoms. The van der Waals surface area contributed by atoms with Gasteiger partial charge in [0.25, 0.3) is 5.91 Å². The van der Waals surface area contributed by atoms with Gasteiger partial charge >= 0.3 is 6.18 Å². The predicted molar refractivity (Wildman–Crippen MR) is 94.4 cm³/mol. The van der Waals surface area contributed by atoms with Crippen molar-refractivity contribution in [3.8, 4) is 0 Å². The Hall–Kier alpha value is -1.32. The summed E-state index contributed by atoms with van der Waals surface area (Å²) in [6, 6.07) is 4.46. The molecule has 0 atom stereocenters. The van der Waals surface area contributed by atoms with E-state index in [9.17, 15) is 18.0 Å². The molecule has 0 bridgehead atoms. The molecule has 1 amide bonds. The van der Waals surface area contributed by atoms with Crippen LogP contribution in [0.2, 0.25) is 5.02 Å². The van der Waals surface area contributed by atoms with Gasteiger partial charge < -0.3 is 9.80 Å². The molecular weight excluding hydrogens is 443 g/mol. The van der Waals surface area contributed by atoms with Crippen molar-refractivity contribution in [1.82, 2.24) is 9.88 Å².